The minimum atomic E-state index is -0.166. The topological polar surface area (TPSA) is 25.2 Å². The number of hydrogen-bond donors (Lipinski definition) is 1. The maximum absolute atomic E-state index is 13.7. The van der Waals surface area contributed by atoms with Crippen molar-refractivity contribution in [1.82, 2.24) is 5.32 Å². The molecule has 0 spiro atoms. The van der Waals surface area contributed by atoms with Crippen molar-refractivity contribution in [3.05, 3.63) is 58.8 Å². The third-order valence-electron chi connectivity index (χ3n) is 3.21. The Labute approximate surface area is 113 Å². The summed E-state index contributed by atoms with van der Waals surface area (Å²) in [5, 5.41) is 3.44. The van der Waals surface area contributed by atoms with Gasteiger partial charge in [0.25, 0.3) is 0 Å². The molecular weight excluding hydrogens is 241 g/mol. The van der Waals surface area contributed by atoms with E-state index >= 15 is 0 Å². The van der Waals surface area contributed by atoms with Gasteiger partial charge in [-0.15, -0.1) is 0 Å². The molecule has 0 saturated heterocycles. The van der Waals surface area contributed by atoms with Crippen molar-refractivity contribution in [2.75, 3.05) is 6.54 Å². The molecule has 1 unspecified atom stereocenters. The van der Waals surface area contributed by atoms with Crippen LogP contribution in [0.5, 0.6) is 0 Å². The van der Waals surface area contributed by atoms with Crippen LogP contribution in [0.1, 0.15) is 41.8 Å². The van der Waals surface area contributed by atoms with Crippen LogP contribution in [0.3, 0.4) is 0 Å². The van der Waals surface area contributed by atoms with Crippen LogP contribution in [-0.4, -0.2) is 6.54 Å². The summed E-state index contributed by atoms with van der Waals surface area (Å²) in [7, 11) is 0. The van der Waals surface area contributed by atoms with Crippen molar-refractivity contribution in [2.45, 2.75) is 33.2 Å². The highest BCUT2D eigenvalue weighted by atomic mass is 19.1. The largest absolute Gasteiger partial charge is 0.469 e. The summed E-state index contributed by atoms with van der Waals surface area (Å²) >= 11 is 0. The van der Waals surface area contributed by atoms with E-state index in [0.717, 1.165) is 29.9 Å². The molecule has 102 valence electrons. The quantitative estimate of drug-likeness (QED) is 0.875. The molecule has 2 rings (SSSR count). The van der Waals surface area contributed by atoms with Crippen LogP contribution in [0.15, 0.2) is 34.9 Å². The molecule has 1 heterocycles. The predicted molar refractivity (Wildman–Crippen MR) is 74.7 cm³/mol. The molecule has 0 aliphatic rings. The van der Waals surface area contributed by atoms with Gasteiger partial charge in [-0.2, -0.15) is 0 Å². The summed E-state index contributed by atoms with van der Waals surface area (Å²) in [6.45, 7) is 6.68. The van der Waals surface area contributed by atoms with Gasteiger partial charge in [-0.25, -0.2) is 4.39 Å². The second-order valence-corrected chi connectivity index (χ2v) is 4.89. The SMILES string of the molecule is CCCNC(c1coc(C)c1)c1ccc(C)c(F)c1. The zero-order chi connectivity index (χ0) is 13.8. The standard InChI is InChI=1S/C16H20FNO/c1-4-7-18-16(14-8-12(3)19-10-14)13-6-5-11(2)15(17)9-13/h5-6,8-10,16,18H,4,7H2,1-3H3. The van der Waals surface area contributed by atoms with E-state index in [0.29, 0.717) is 5.56 Å². The smallest absolute Gasteiger partial charge is 0.126 e. The van der Waals surface area contributed by atoms with E-state index in [1.807, 2.05) is 25.1 Å². The second-order valence-electron chi connectivity index (χ2n) is 4.89. The molecule has 2 aromatic rings. The molecule has 0 aliphatic heterocycles. The van der Waals surface area contributed by atoms with Gasteiger partial charge in [0.15, 0.2) is 0 Å². The Morgan fingerprint density at radius 2 is 2.00 bits per heavy atom. The zero-order valence-corrected chi connectivity index (χ0v) is 11.7. The fourth-order valence-corrected chi connectivity index (χ4v) is 2.12. The summed E-state index contributed by atoms with van der Waals surface area (Å²) in [6.07, 6.45) is 2.77. The second kappa shape index (κ2) is 6.02. The Bertz CT molecular complexity index is 547. The average molecular weight is 261 g/mol. The third kappa shape index (κ3) is 3.24. The first-order chi connectivity index (χ1) is 9.11. The highest BCUT2D eigenvalue weighted by Crippen LogP contribution is 2.25. The lowest BCUT2D eigenvalue weighted by Crippen LogP contribution is -2.23. The molecule has 19 heavy (non-hydrogen) atoms. The van der Waals surface area contributed by atoms with Crippen LogP contribution in [0.25, 0.3) is 0 Å². The molecule has 1 atom stereocenters. The summed E-state index contributed by atoms with van der Waals surface area (Å²) in [4.78, 5) is 0. The van der Waals surface area contributed by atoms with Gasteiger partial charge in [-0.3, -0.25) is 0 Å². The predicted octanol–water partition coefficient (Wildman–Crippen LogP) is 4.12. The molecule has 0 bridgehead atoms. The number of nitrogens with one attached hydrogen (secondary N) is 1. The minimum Gasteiger partial charge on any atom is -0.469 e. The lowest BCUT2D eigenvalue weighted by atomic mass is 9.99. The van der Waals surface area contributed by atoms with E-state index in [4.69, 9.17) is 4.42 Å². The number of furan rings is 1. The average Bonchev–Trinajstić information content (AvgIpc) is 2.80. The lowest BCUT2D eigenvalue weighted by molar-refractivity contribution is 0.523. The fourth-order valence-electron chi connectivity index (χ4n) is 2.12. The van der Waals surface area contributed by atoms with Gasteiger partial charge in [-0.1, -0.05) is 19.1 Å². The van der Waals surface area contributed by atoms with E-state index in [2.05, 4.69) is 12.2 Å². The van der Waals surface area contributed by atoms with E-state index in [1.165, 1.54) is 0 Å². The summed E-state index contributed by atoms with van der Waals surface area (Å²) < 4.78 is 19.1. The van der Waals surface area contributed by atoms with Crippen molar-refractivity contribution in [2.24, 2.45) is 0 Å². The van der Waals surface area contributed by atoms with Gasteiger partial charge in [0, 0.05) is 5.56 Å². The van der Waals surface area contributed by atoms with E-state index < -0.39 is 0 Å². The Kier molecular flexibility index (Phi) is 4.38. The van der Waals surface area contributed by atoms with Crippen molar-refractivity contribution in [1.29, 1.82) is 0 Å². The van der Waals surface area contributed by atoms with E-state index in [-0.39, 0.29) is 11.9 Å². The number of benzene rings is 1. The van der Waals surface area contributed by atoms with Crippen LogP contribution < -0.4 is 5.32 Å². The van der Waals surface area contributed by atoms with Crippen molar-refractivity contribution < 1.29 is 8.81 Å². The first-order valence-electron chi connectivity index (χ1n) is 6.66. The van der Waals surface area contributed by atoms with Gasteiger partial charge >= 0.3 is 0 Å². The maximum atomic E-state index is 13.7. The van der Waals surface area contributed by atoms with Crippen molar-refractivity contribution in [3.8, 4) is 0 Å². The Hall–Kier alpha value is -1.61. The molecule has 0 fully saturated rings. The van der Waals surface area contributed by atoms with E-state index in [1.54, 1.807) is 19.3 Å². The monoisotopic (exact) mass is 261 g/mol. The van der Waals surface area contributed by atoms with Gasteiger partial charge in [0.2, 0.25) is 0 Å². The molecule has 0 aliphatic carbocycles. The molecule has 1 N–H and O–H groups in total. The molecular formula is C16H20FNO. The highest BCUT2D eigenvalue weighted by molar-refractivity contribution is 5.33. The van der Waals surface area contributed by atoms with Crippen LogP contribution in [0, 0.1) is 19.7 Å². The van der Waals surface area contributed by atoms with Crippen LogP contribution in [0.2, 0.25) is 0 Å². The summed E-state index contributed by atoms with van der Waals surface area (Å²) in [6, 6.07) is 7.36. The fraction of sp³-hybridized carbons (Fsp3) is 0.375. The maximum Gasteiger partial charge on any atom is 0.126 e. The minimum absolute atomic E-state index is 0.0208. The first-order valence-corrected chi connectivity index (χ1v) is 6.66. The number of halogens is 1. The first kappa shape index (κ1) is 13.8. The molecule has 0 saturated carbocycles. The number of rotatable bonds is 5. The van der Waals surface area contributed by atoms with Crippen molar-refractivity contribution >= 4 is 0 Å². The Balaban J connectivity index is 2.33. The molecule has 0 radical (unpaired) electrons. The Morgan fingerprint density at radius 3 is 2.58 bits per heavy atom. The van der Waals surface area contributed by atoms with Gasteiger partial charge in [0.05, 0.1) is 12.3 Å². The van der Waals surface area contributed by atoms with Gasteiger partial charge in [-0.05, 0) is 50.1 Å². The molecule has 3 heteroatoms. The summed E-state index contributed by atoms with van der Waals surface area (Å²) in [5.74, 6) is 0.701. The number of hydrogen-bond acceptors (Lipinski definition) is 2. The highest BCUT2D eigenvalue weighted by Gasteiger charge is 2.16. The molecule has 1 aromatic heterocycles. The third-order valence-corrected chi connectivity index (χ3v) is 3.21. The zero-order valence-electron chi connectivity index (χ0n) is 11.7. The lowest BCUT2D eigenvalue weighted by Gasteiger charge is -2.18. The normalized spacial score (nSPS) is 12.6. The summed E-state index contributed by atoms with van der Waals surface area (Å²) in [5.41, 5.74) is 2.63. The van der Waals surface area contributed by atoms with Crippen molar-refractivity contribution in [3.63, 3.8) is 0 Å². The van der Waals surface area contributed by atoms with Crippen LogP contribution in [0.4, 0.5) is 4.39 Å². The molecule has 0 amide bonds. The Morgan fingerprint density at radius 1 is 1.21 bits per heavy atom. The van der Waals surface area contributed by atoms with E-state index in [9.17, 15) is 4.39 Å². The van der Waals surface area contributed by atoms with Gasteiger partial charge < -0.3 is 9.73 Å². The molecule has 2 nitrogen and oxygen atoms in total. The van der Waals surface area contributed by atoms with Gasteiger partial charge in [0.1, 0.15) is 11.6 Å². The molecule has 1 aromatic carbocycles. The van der Waals surface area contributed by atoms with Crippen LogP contribution in [-0.2, 0) is 0 Å². The number of aryl methyl sites for hydroxylation is 2. The van der Waals surface area contributed by atoms with Crippen LogP contribution >= 0.6 is 0 Å².